The van der Waals surface area contributed by atoms with E-state index in [0.717, 1.165) is 7.11 Å². The summed E-state index contributed by atoms with van der Waals surface area (Å²) in [6.07, 6.45) is 0. The molecule has 0 aromatic rings. The topological polar surface area (TPSA) is 66.8 Å². The molecular weight excluding hydrogens is 153 g/mol. The van der Waals surface area contributed by atoms with E-state index in [4.69, 9.17) is 9.79 Å². The zero-order chi connectivity index (χ0) is 5.21. The van der Waals surface area contributed by atoms with Gasteiger partial charge in [-0.2, -0.15) is 0 Å². The minimum atomic E-state index is -4.15. The Kier molecular flexibility index (Phi) is 15.0. The van der Waals surface area contributed by atoms with Gasteiger partial charge in [0.05, 0.1) is 0 Å². The standard InChI is InChI=1S/CH5O4P.2Na.2H/c1-5-6(2,3)4;;;;/h1H3,(H2,2,3,4);;;;/q;2*+1;2*-1/p+1. The predicted molar refractivity (Wildman–Crippen MR) is 22.4 cm³/mol. The van der Waals surface area contributed by atoms with Crippen molar-refractivity contribution in [2.75, 3.05) is 7.11 Å². The molecule has 0 atom stereocenters. The Morgan fingerprint density at radius 1 is 1.62 bits per heavy atom. The van der Waals surface area contributed by atoms with Crippen LogP contribution in [-0.4, -0.2) is 16.9 Å². The van der Waals surface area contributed by atoms with Crippen molar-refractivity contribution < 1.29 is 82.3 Å². The van der Waals surface area contributed by atoms with Gasteiger partial charge in [-0.3, -0.25) is 4.52 Å². The molecule has 0 radical (unpaired) electrons. The van der Waals surface area contributed by atoms with E-state index in [1.54, 1.807) is 0 Å². The molecule has 4 nitrogen and oxygen atoms in total. The number of phosphoric acid groups is 1. The third-order valence-corrected chi connectivity index (χ3v) is 0.714. The van der Waals surface area contributed by atoms with Gasteiger partial charge in [0, 0.05) is 7.11 Å². The average molecular weight is 161 g/mol. The van der Waals surface area contributed by atoms with Crippen LogP contribution in [-0.2, 0) is 9.09 Å². The normalized spacial score (nSPS) is 8.88. The van der Waals surface area contributed by atoms with Crippen molar-refractivity contribution in [1.29, 1.82) is 0 Å². The van der Waals surface area contributed by atoms with Crippen LogP contribution in [0.4, 0.5) is 0 Å². The molecule has 0 unspecified atom stereocenters. The summed E-state index contributed by atoms with van der Waals surface area (Å²) in [6, 6.07) is 0. The zero-order valence-corrected chi connectivity index (χ0v) is 10.1. The Bertz CT molecular complexity index is 87.4. The van der Waals surface area contributed by atoms with Gasteiger partial charge in [0.1, 0.15) is 0 Å². The maximum absolute atomic E-state index is 9.47. The fourth-order valence-corrected chi connectivity index (χ4v) is 0. The first-order chi connectivity index (χ1) is 2.56. The third-order valence-electron chi connectivity index (χ3n) is 0.238. The van der Waals surface area contributed by atoms with E-state index in [9.17, 15) is 4.57 Å². The molecular formula is CH8Na2O4P+. The summed E-state index contributed by atoms with van der Waals surface area (Å²) in [6.45, 7) is 0. The van der Waals surface area contributed by atoms with Crippen LogP contribution in [0.5, 0.6) is 0 Å². The minimum absolute atomic E-state index is 0. The maximum atomic E-state index is 9.47. The first-order valence-electron chi connectivity index (χ1n) is 1.17. The van der Waals surface area contributed by atoms with Crippen LogP contribution in [0.1, 0.15) is 4.28 Å². The monoisotopic (exact) mass is 161 g/mol. The Balaban J connectivity index is -0.0000000125. The first kappa shape index (κ1) is 16.6. The average Bonchev–Trinajstić information content (AvgIpc) is 1.35. The van der Waals surface area contributed by atoms with Crippen LogP contribution in [0.25, 0.3) is 0 Å². The molecule has 0 aromatic carbocycles. The molecule has 7 heteroatoms. The van der Waals surface area contributed by atoms with Crippen molar-refractivity contribution in [3.05, 3.63) is 0 Å². The summed E-state index contributed by atoms with van der Waals surface area (Å²) < 4.78 is 13.1. The molecule has 0 heterocycles. The third kappa shape index (κ3) is 15.7. The van der Waals surface area contributed by atoms with Crippen LogP contribution >= 0.6 is 7.82 Å². The molecule has 0 saturated carbocycles. The Morgan fingerprint density at radius 2 is 1.75 bits per heavy atom. The summed E-state index contributed by atoms with van der Waals surface area (Å²) in [4.78, 5) is 15.4. The van der Waals surface area contributed by atoms with Crippen molar-refractivity contribution in [3.8, 4) is 0 Å². The zero-order valence-electron chi connectivity index (χ0n) is 8.16. The van der Waals surface area contributed by atoms with Crippen LogP contribution in [0.15, 0.2) is 0 Å². The second-order valence-electron chi connectivity index (χ2n) is 0.673. The van der Waals surface area contributed by atoms with Crippen LogP contribution in [0.2, 0.25) is 0 Å². The molecule has 0 aliphatic carbocycles. The second-order valence-corrected chi connectivity index (χ2v) is 2.02. The summed E-state index contributed by atoms with van der Waals surface area (Å²) in [5.74, 6) is 0. The van der Waals surface area contributed by atoms with Gasteiger partial charge in [-0.05, 0) is 0 Å². The van der Waals surface area contributed by atoms with E-state index >= 15 is 0 Å². The van der Waals surface area contributed by atoms with Gasteiger partial charge < -0.3 is 12.6 Å². The van der Waals surface area contributed by atoms with Crippen molar-refractivity contribution >= 4 is 7.82 Å². The number of rotatable bonds is 1. The smallest absolute Gasteiger partial charge is 1.00 e. The number of phosphoric ester groups is 1. The molecule has 42 valence electrons. The molecule has 0 aliphatic heterocycles. The van der Waals surface area contributed by atoms with Gasteiger partial charge in [-0.1, -0.05) is 0 Å². The van der Waals surface area contributed by atoms with Gasteiger partial charge in [-0.25, -0.2) is 4.57 Å². The molecule has 0 bridgehead atoms. The molecule has 0 aromatic heterocycles. The van der Waals surface area contributed by atoms with Gasteiger partial charge in [0.25, 0.3) is 0 Å². The summed E-state index contributed by atoms with van der Waals surface area (Å²) >= 11 is 0. The fraction of sp³-hybridized carbons (Fsp3) is 1.00. The van der Waals surface area contributed by atoms with E-state index in [2.05, 4.69) is 4.52 Å². The largest absolute Gasteiger partial charge is 1.00 e. The van der Waals surface area contributed by atoms with E-state index in [1.165, 1.54) is 0 Å². The SMILES string of the molecule is COP(=O)(O)O.[H+].[H-].[H-].[Na+].[Na+]. The van der Waals surface area contributed by atoms with E-state index in [-0.39, 0.29) is 63.4 Å². The maximum Gasteiger partial charge on any atom is 1.00 e. The van der Waals surface area contributed by atoms with Crippen molar-refractivity contribution in [2.24, 2.45) is 0 Å². The Hall–Kier alpha value is 2.11. The van der Waals surface area contributed by atoms with Gasteiger partial charge in [0.2, 0.25) is 0 Å². The minimum Gasteiger partial charge on any atom is -1.00 e. The number of hydrogen-bond acceptors (Lipinski definition) is 2. The molecule has 0 amide bonds. The van der Waals surface area contributed by atoms with Crippen molar-refractivity contribution in [1.82, 2.24) is 0 Å². The quantitative estimate of drug-likeness (QED) is 0.297. The molecule has 0 aliphatic rings. The van der Waals surface area contributed by atoms with Gasteiger partial charge >= 0.3 is 68.4 Å². The Labute approximate surface area is 96.3 Å². The van der Waals surface area contributed by atoms with Crippen LogP contribution in [0.3, 0.4) is 0 Å². The molecule has 2 N–H and O–H groups in total. The summed E-state index contributed by atoms with van der Waals surface area (Å²) in [7, 11) is -3.20. The summed E-state index contributed by atoms with van der Waals surface area (Å²) in [5, 5.41) is 0. The van der Waals surface area contributed by atoms with Crippen LogP contribution < -0.4 is 59.1 Å². The molecule has 8 heavy (non-hydrogen) atoms. The summed E-state index contributed by atoms with van der Waals surface area (Å²) in [5.41, 5.74) is 0. The molecule has 0 saturated heterocycles. The first-order valence-corrected chi connectivity index (χ1v) is 2.70. The van der Waals surface area contributed by atoms with Gasteiger partial charge in [-0.15, -0.1) is 0 Å². The molecule has 0 spiro atoms. The van der Waals surface area contributed by atoms with Crippen LogP contribution in [0, 0.1) is 0 Å². The number of hydrogen-bond donors (Lipinski definition) is 2. The van der Waals surface area contributed by atoms with E-state index < -0.39 is 7.82 Å². The predicted octanol–water partition coefficient (Wildman–Crippen LogP) is -5.93. The van der Waals surface area contributed by atoms with Crippen molar-refractivity contribution in [3.63, 3.8) is 0 Å². The van der Waals surface area contributed by atoms with Crippen molar-refractivity contribution in [2.45, 2.75) is 0 Å². The molecule has 0 fully saturated rings. The second kappa shape index (κ2) is 7.22. The molecule has 0 rings (SSSR count). The Morgan fingerprint density at radius 3 is 1.75 bits per heavy atom. The van der Waals surface area contributed by atoms with E-state index in [1.807, 2.05) is 0 Å². The van der Waals surface area contributed by atoms with E-state index in [0.29, 0.717) is 0 Å². The van der Waals surface area contributed by atoms with Gasteiger partial charge in [0.15, 0.2) is 0 Å². The fourth-order valence-electron chi connectivity index (χ4n) is 0.